The predicted molar refractivity (Wildman–Crippen MR) is 88.3 cm³/mol. The van der Waals surface area contributed by atoms with E-state index < -0.39 is 0 Å². The zero-order valence-electron chi connectivity index (χ0n) is 13.1. The molecule has 2 rings (SSSR count). The first-order chi connectivity index (χ1) is 9.24. The normalized spacial score (nSPS) is 16.5. The minimum atomic E-state index is 0.650. The molecular weight excluding hydrogens is 230 g/mol. The summed E-state index contributed by atoms with van der Waals surface area (Å²) in [5, 5.41) is 0. The van der Waals surface area contributed by atoms with Crippen LogP contribution in [0.5, 0.6) is 0 Å². The van der Waals surface area contributed by atoms with E-state index in [1.807, 2.05) is 39.8 Å². The molecule has 1 atom stereocenters. The Hall–Kier alpha value is -1.50. The highest BCUT2D eigenvalue weighted by atomic mass is 14.5. The fourth-order valence-corrected chi connectivity index (χ4v) is 1.88. The largest absolute Gasteiger partial charge is 0.399 e. The number of nitrogens with two attached hydrogens (primary N) is 1. The van der Waals surface area contributed by atoms with Gasteiger partial charge >= 0.3 is 0 Å². The Morgan fingerprint density at radius 3 is 2.11 bits per heavy atom. The van der Waals surface area contributed by atoms with Gasteiger partial charge in [-0.3, -0.25) is 0 Å². The van der Waals surface area contributed by atoms with Crippen molar-refractivity contribution in [2.75, 3.05) is 5.73 Å². The molecule has 0 aliphatic heterocycles. The molecule has 0 amide bonds. The van der Waals surface area contributed by atoms with Crippen LogP contribution in [0.25, 0.3) is 0 Å². The Balaban J connectivity index is 0.000000741. The van der Waals surface area contributed by atoms with E-state index in [0.717, 1.165) is 18.5 Å². The Morgan fingerprint density at radius 1 is 1.05 bits per heavy atom. The van der Waals surface area contributed by atoms with Gasteiger partial charge in [0.25, 0.3) is 0 Å². The highest BCUT2D eigenvalue weighted by Crippen LogP contribution is 2.20. The maximum absolute atomic E-state index is 5.65. The first kappa shape index (κ1) is 17.5. The van der Waals surface area contributed by atoms with E-state index in [2.05, 4.69) is 37.3 Å². The van der Waals surface area contributed by atoms with Gasteiger partial charge in [0.2, 0.25) is 0 Å². The Morgan fingerprint density at radius 2 is 1.63 bits per heavy atom. The number of benzene rings is 1. The first-order valence-electron chi connectivity index (χ1n) is 7.43. The standard InChI is InChI=1S/C14H17N.2C2H6/c1-11-2-4-12(5-3-11)10-13-6-8-14(15)9-7-13;2*1-2/h2-4,6-9,12H,5,10,15H2,1H3;2*1-2H3. The third-order valence-electron chi connectivity index (χ3n) is 2.85. The van der Waals surface area contributed by atoms with Gasteiger partial charge in [-0.1, -0.05) is 63.6 Å². The lowest BCUT2D eigenvalue weighted by Gasteiger charge is -2.14. The minimum Gasteiger partial charge on any atom is -0.399 e. The monoisotopic (exact) mass is 259 g/mol. The van der Waals surface area contributed by atoms with Crippen molar-refractivity contribution in [1.29, 1.82) is 0 Å². The number of rotatable bonds is 2. The Kier molecular flexibility index (Phi) is 9.60. The van der Waals surface area contributed by atoms with Crippen LogP contribution in [0.2, 0.25) is 0 Å². The van der Waals surface area contributed by atoms with Gasteiger partial charge in [-0.2, -0.15) is 0 Å². The van der Waals surface area contributed by atoms with E-state index >= 15 is 0 Å². The smallest absolute Gasteiger partial charge is 0.0314 e. The summed E-state index contributed by atoms with van der Waals surface area (Å²) in [4.78, 5) is 0. The summed E-state index contributed by atoms with van der Waals surface area (Å²) in [6.45, 7) is 10.1. The molecule has 1 heteroatoms. The molecule has 0 spiro atoms. The summed E-state index contributed by atoms with van der Waals surface area (Å²) >= 11 is 0. The first-order valence-corrected chi connectivity index (χ1v) is 7.43. The van der Waals surface area contributed by atoms with Gasteiger partial charge in [0.1, 0.15) is 0 Å². The van der Waals surface area contributed by atoms with Gasteiger partial charge in [-0.05, 0) is 43.4 Å². The molecule has 1 nitrogen and oxygen atoms in total. The molecule has 0 saturated heterocycles. The quantitative estimate of drug-likeness (QED) is 0.708. The average molecular weight is 259 g/mol. The fraction of sp³-hybridized carbons (Fsp3) is 0.444. The van der Waals surface area contributed by atoms with Crippen molar-refractivity contribution in [3.63, 3.8) is 0 Å². The summed E-state index contributed by atoms with van der Waals surface area (Å²) in [5.41, 5.74) is 9.24. The van der Waals surface area contributed by atoms with Gasteiger partial charge in [-0.25, -0.2) is 0 Å². The van der Waals surface area contributed by atoms with Crippen molar-refractivity contribution in [3.8, 4) is 0 Å². The lowest BCUT2D eigenvalue weighted by Crippen LogP contribution is -2.03. The SMILES string of the molecule is CC.CC.CC1=CCC(Cc2ccc(N)cc2)C=C1. The maximum Gasteiger partial charge on any atom is 0.0314 e. The predicted octanol–water partition coefficient (Wildman–Crippen LogP) is 5.39. The van der Waals surface area contributed by atoms with Crippen molar-refractivity contribution in [3.05, 3.63) is 53.6 Å². The number of hydrogen-bond donors (Lipinski definition) is 1. The Labute approximate surface area is 119 Å². The molecule has 1 unspecified atom stereocenters. The molecule has 0 fully saturated rings. The summed E-state index contributed by atoms with van der Waals surface area (Å²) in [7, 11) is 0. The van der Waals surface area contributed by atoms with Crippen molar-refractivity contribution in [2.24, 2.45) is 5.92 Å². The zero-order valence-corrected chi connectivity index (χ0v) is 13.1. The molecule has 0 heterocycles. The molecule has 0 saturated carbocycles. The lowest BCUT2D eigenvalue weighted by atomic mass is 9.91. The van der Waals surface area contributed by atoms with Crippen LogP contribution in [-0.2, 0) is 6.42 Å². The number of hydrogen-bond acceptors (Lipinski definition) is 1. The van der Waals surface area contributed by atoms with Crippen LogP contribution in [0.3, 0.4) is 0 Å². The van der Waals surface area contributed by atoms with Crippen molar-refractivity contribution in [1.82, 2.24) is 0 Å². The van der Waals surface area contributed by atoms with Gasteiger partial charge in [0, 0.05) is 5.69 Å². The average Bonchev–Trinajstić information content (AvgIpc) is 2.48. The summed E-state index contributed by atoms with van der Waals surface area (Å²) < 4.78 is 0. The third-order valence-corrected chi connectivity index (χ3v) is 2.85. The van der Waals surface area contributed by atoms with E-state index in [4.69, 9.17) is 5.73 Å². The molecule has 106 valence electrons. The molecule has 2 N–H and O–H groups in total. The van der Waals surface area contributed by atoms with Gasteiger partial charge in [-0.15, -0.1) is 0 Å². The topological polar surface area (TPSA) is 26.0 Å². The van der Waals surface area contributed by atoms with Crippen molar-refractivity contribution >= 4 is 5.69 Å². The molecular formula is C18H29N. The van der Waals surface area contributed by atoms with Gasteiger partial charge < -0.3 is 5.73 Å². The number of nitrogen functional groups attached to an aromatic ring is 1. The summed E-state index contributed by atoms with van der Waals surface area (Å²) in [6.07, 6.45) is 9.10. The van der Waals surface area contributed by atoms with Crippen LogP contribution in [-0.4, -0.2) is 0 Å². The Bertz CT molecular complexity index is 385. The fourth-order valence-electron chi connectivity index (χ4n) is 1.88. The summed E-state index contributed by atoms with van der Waals surface area (Å²) in [5.74, 6) is 0.650. The van der Waals surface area contributed by atoms with E-state index in [1.54, 1.807) is 0 Å². The molecule has 1 aromatic carbocycles. The number of anilines is 1. The minimum absolute atomic E-state index is 0.650. The second kappa shape index (κ2) is 10.4. The summed E-state index contributed by atoms with van der Waals surface area (Å²) in [6, 6.07) is 8.19. The zero-order chi connectivity index (χ0) is 14.7. The number of allylic oxidation sites excluding steroid dienone is 4. The van der Waals surface area contributed by atoms with Crippen molar-refractivity contribution in [2.45, 2.75) is 47.5 Å². The van der Waals surface area contributed by atoms with E-state index in [9.17, 15) is 0 Å². The van der Waals surface area contributed by atoms with E-state index in [0.29, 0.717) is 5.92 Å². The molecule has 0 bridgehead atoms. The van der Waals surface area contributed by atoms with Gasteiger partial charge in [0.05, 0.1) is 0 Å². The molecule has 19 heavy (non-hydrogen) atoms. The lowest BCUT2D eigenvalue weighted by molar-refractivity contribution is 0.649. The van der Waals surface area contributed by atoms with Crippen LogP contribution in [0, 0.1) is 5.92 Å². The maximum atomic E-state index is 5.65. The highest BCUT2D eigenvalue weighted by Gasteiger charge is 2.07. The van der Waals surface area contributed by atoms with E-state index in [1.165, 1.54) is 11.1 Å². The second-order valence-corrected chi connectivity index (χ2v) is 4.25. The van der Waals surface area contributed by atoms with Crippen LogP contribution >= 0.6 is 0 Å². The highest BCUT2D eigenvalue weighted by molar-refractivity contribution is 5.39. The molecule has 1 aromatic rings. The molecule has 1 aliphatic carbocycles. The second-order valence-electron chi connectivity index (χ2n) is 4.25. The van der Waals surface area contributed by atoms with Crippen LogP contribution in [0.1, 0.15) is 46.6 Å². The van der Waals surface area contributed by atoms with Crippen LogP contribution in [0.4, 0.5) is 5.69 Å². The van der Waals surface area contributed by atoms with Gasteiger partial charge in [0.15, 0.2) is 0 Å². The van der Waals surface area contributed by atoms with E-state index in [-0.39, 0.29) is 0 Å². The van der Waals surface area contributed by atoms with Crippen LogP contribution in [0.15, 0.2) is 48.1 Å². The van der Waals surface area contributed by atoms with Crippen molar-refractivity contribution < 1.29 is 0 Å². The van der Waals surface area contributed by atoms with Crippen LogP contribution < -0.4 is 5.73 Å². The molecule has 1 aliphatic rings. The molecule has 0 aromatic heterocycles. The molecule has 0 radical (unpaired) electrons. The third kappa shape index (κ3) is 6.85.